The number of hydrogen-bond acceptors (Lipinski definition) is 5. The van der Waals surface area contributed by atoms with Gasteiger partial charge in [0.2, 0.25) is 0 Å². The third-order valence-electron chi connectivity index (χ3n) is 3.96. The highest BCUT2D eigenvalue weighted by atomic mass is 32.1. The number of para-hydroxylation sites is 1. The first-order chi connectivity index (χ1) is 12.5. The van der Waals surface area contributed by atoms with Gasteiger partial charge < -0.3 is 10.1 Å². The van der Waals surface area contributed by atoms with E-state index >= 15 is 0 Å². The maximum absolute atomic E-state index is 12.6. The predicted octanol–water partition coefficient (Wildman–Crippen LogP) is 3.98. The van der Waals surface area contributed by atoms with Crippen LogP contribution in [-0.2, 0) is 4.74 Å². The van der Waals surface area contributed by atoms with Crippen molar-refractivity contribution in [1.29, 1.82) is 0 Å². The Hall–Kier alpha value is -2.93. The zero-order valence-electron chi connectivity index (χ0n) is 14.8. The third kappa shape index (κ3) is 3.52. The molecular weight excluding hydrogens is 350 g/mol. The summed E-state index contributed by atoms with van der Waals surface area (Å²) in [5.41, 5.74) is 2.51. The van der Waals surface area contributed by atoms with Gasteiger partial charge in [0.1, 0.15) is 5.00 Å². The molecular formula is C19H19N3O3S. The molecule has 0 unspecified atom stereocenters. The van der Waals surface area contributed by atoms with Crippen molar-refractivity contribution in [3.63, 3.8) is 0 Å². The minimum atomic E-state index is -0.426. The van der Waals surface area contributed by atoms with Gasteiger partial charge in [-0.25, -0.2) is 9.48 Å². The van der Waals surface area contributed by atoms with E-state index in [1.807, 2.05) is 44.2 Å². The van der Waals surface area contributed by atoms with Crippen LogP contribution in [0.4, 0.5) is 5.00 Å². The highest BCUT2D eigenvalue weighted by Crippen LogP contribution is 2.33. The van der Waals surface area contributed by atoms with E-state index in [2.05, 4.69) is 10.4 Å². The molecule has 1 N–H and O–H groups in total. The van der Waals surface area contributed by atoms with Crippen LogP contribution in [0.3, 0.4) is 0 Å². The van der Waals surface area contributed by atoms with E-state index in [0.29, 0.717) is 16.1 Å². The second-order valence-corrected chi connectivity index (χ2v) is 6.90. The van der Waals surface area contributed by atoms with Crippen LogP contribution in [-0.4, -0.2) is 28.3 Å². The minimum absolute atomic E-state index is 0.282. The van der Waals surface area contributed by atoms with Crippen molar-refractivity contribution in [3.05, 3.63) is 64.3 Å². The van der Waals surface area contributed by atoms with Crippen molar-refractivity contribution in [1.82, 2.24) is 9.78 Å². The molecule has 0 saturated heterocycles. The summed E-state index contributed by atoms with van der Waals surface area (Å²) < 4.78 is 6.74. The number of amides is 1. The molecule has 0 aliphatic carbocycles. The van der Waals surface area contributed by atoms with Gasteiger partial charge in [-0.1, -0.05) is 18.2 Å². The quantitative estimate of drug-likeness (QED) is 0.691. The SMILES string of the molecule is CCOC(=O)c1c(NC(=O)c2cnn(-c3ccccc3)c2)sc(C)c1C. The number of ether oxygens (including phenoxy) is 1. The van der Waals surface area contributed by atoms with Crippen LogP contribution < -0.4 is 5.32 Å². The highest BCUT2D eigenvalue weighted by molar-refractivity contribution is 7.16. The van der Waals surface area contributed by atoms with Gasteiger partial charge in [-0.05, 0) is 38.5 Å². The molecule has 3 rings (SSSR count). The summed E-state index contributed by atoms with van der Waals surface area (Å²) >= 11 is 1.36. The number of anilines is 1. The van der Waals surface area contributed by atoms with E-state index in [9.17, 15) is 9.59 Å². The van der Waals surface area contributed by atoms with Crippen molar-refractivity contribution < 1.29 is 14.3 Å². The number of carbonyl (C=O) groups excluding carboxylic acids is 2. The molecule has 1 amide bonds. The summed E-state index contributed by atoms with van der Waals surface area (Å²) in [4.78, 5) is 25.8. The molecule has 0 atom stereocenters. The Kier molecular flexibility index (Phi) is 5.18. The Morgan fingerprint density at radius 3 is 2.65 bits per heavy atom. The standard InChI is InChI=1S/C19H19N3O3S/c1-4-25-19(24)16-12(2)13(3)26-18(16)21-17(23)14-10-20-22(11-14)15-8-6-5-7-9-15/h5-11H,4H2,1-3H3,(H,21,23). The van der Waals surface area contributed by atoms with Gasteiger partial charge in [0.05, 0.1) is 29.6 Å². The number of thiophene rings is 1. The molecule has 2 aromatic heterocycles. The number of carbonyl (C=O) groups is 2. The molecule has 0 spiro atoms. The number of aryl methyl sites for hydroxylation is 1. The Balaban J connectivity index is 1.84. The number of aromatic nitrogens is 2. The van der Waals surface area contributed by atoms with Gasteiger partial charge in [0.15, 0.2) is 0 Å². The monoisotopic (exact) mass is 369 g/mol. The molecule has 0 fully saturated rings. The summed E-state index contributed by atoms with van der Waals surface area (Å²) in [5, 5.41) is 7.54. The molecule has 0 radical (unpaired) electrons. The van der Waals surface area contributed by atoms with Crippen LogP contribution in [0, 0.1) is 13.8 Å². The van der Waals surface area contributed by atoms with E-state index in [1.54, 1.807) is 17.8 Å². The average molecular weight is 369 g/mol. The van der Waals surface area contributed by atoms with Gasteiger partial charge >= 0.3 is 5.97 Å². The zero-order chi connectivity index (χ0) is 18.7. The summed E-state index contributed by atoms with van der Waals surface area (Å²) in [6.45, 7) is 5.79. The second kappa shape index (κ2) is 7.53. The normalized spacial score (nSPS) is 10.6. The minimum Gasteiger partial charge on any atom is -0.462 e. The molecule has 0 bridgehead atoms. The lowest BCUT2D eigenvalue weighted by atomic mass is 10.1. The van der Waals surface area contributed by atoms with Crippen LogP contribution in [0.15, 0.2) is 42.7 Å². The molecule has 0 aliphatic heterocycles. The smallest absolute Gasteiger partial charge is 0.341 e. The lowest BCUT2D eigenvalue weighted by Gasteiger charge is -2.06. The Labute approximate surface area is 155 Å². The molecule has 7 heteroatoms. The number of rotatable bonds is 5. The summed E-state index contributed by atoms with van der Waals surface area (Å²) in [6.07, 6.45) is 3.15. The maximum Gasteiger partial charge on any atom is 0.341 e. The molecule has 0 aliphatic rings. The Morgan fingerprint density at radius 2 is 1.96 bits per heavy atom. The Bertz CT molecular complexity index is 944. The van der Waals surface area contributed by atoms with Crippen LogP contribution in [0.2, 0.25) is 0 Å². The van der Waals surface area contributed by atoms with Gasteiger partial charge in [-0.2, -0.15) is 5.10 Å². The Morgan fingerprint density at radius 1 is 1.23 bits per heavy atom. The van der Waals surface area contributed by atoms with E-state index < -0.39 is 5.97 Å². The van der Waals surface area contributed by atoms with Crippen LogP contribution in [0.5, 0.6) is 0 Å². The van der Waals surface area contributed by atoms with Gasteiger partial charge in [-0.3, -0.25) is 4.79 Å². The first-order valence-corrected chi connectivity index (χ1v) is 9.01. The maximum atomic E-state index is 12.6. The van der Waals surface area contributed by atoms with E-state index in [0.717, 1.165) is 16.1 Å². The number of hydrogen-bond donors (Lipinski definition) is 1. The molecule has 1 aromatic carbocycles. The van der Waals surface area contributed by atoms with E-state index in [-0.39, 0.29) is 12.5 Å². The first kappa shape index (κ1) is 17.9. The van der Waals surface area contributed by atoms with Crippen LogP contribution >= 0.6 is 11.3 Å². The third-order valence-corrected chi connectivity index (χ3v) is 5.08. The summed E-state index contributed by atoms with van der Waals surface area (Å²) in [7, 11) is 0. The summed E-state index contributed by atoms with van der Waals surface area (Å²) in [6, 6.07) is 9.53. The van der Waals surface area contributed by atoms with Crippen molar-refractivity contribution >= 4 is 28.2 Å². The average Bonchev–Trinajstić information content (AvgIpc) is 3.22. The second-order valence-electron chi connectivity index (χ2n) is 5.67. The number of nitrogens with zero attached hydrogens (tertiary/aromatic N) is 2. The van der Waals surface area contributed by atoms with Gasteiger partial charge in [-0.15, -0.1) is 11.3 Å². The summed E-state index contributed by atoms with van der Waals surface area (Å²) in [5.74, 6) is -0.747. The van der Waals surface area contributed by atoms with Gasteiger partial charge in [0.25, 0.3) is 5.91 Å². The van der Waals surface area contributed by atoms with Crippen molar-refractivity contribution in [3.8, 4) is 5.69 Å². The lowest BCUT2D eigenvalue weighted by molar-refractivity contribution is 0.0527. The van der Waals surface area contributed by atoms with Crippen molar-refractivity contribution in [2.45, 2.75) is 20.8 Å². The van der Waals surface area contributed by atoms with Crippen molar-refractivity contribution in [2.24, 2.45) is 0 Å². The number of benzene rings is 1. The number of esters is 1. The topological polar surface area (TPSA) is 73.2 Å². The predicted molar refractivity (Wildman–Crippen MR) is 101 cm³/mol. The fourth-order valence-corrected chi connectivity index (χ4v) is 3.54. The lowest BCUT2D eigenvalue weighted by Crippen LogP contribution is -2.14. The fraction of sp³-hybridized carbons (Fsp3) is 0.211. The largest absolute Gasteiger partial charge is 0.462 e. The number of nitrogens with one attached hydrogen (secondary N) is 1. The van der Waals surface area contributed by atoms with E-state index in [1.165, 1.54) is 17.5 Å². The molecule has 0 saturated carbocycles. The zero-order valence-corrected chi connectivity index (χ0v) is 15.6. The first-order valence-electron chi connectivity index (χ1n) is 8.19. The van der Waals surface area contributed by atoms with E-state index in [4.69, 9.17) is 4.74 Å². The fourth-order valence-electron chi connectivity index (χ4n) is 2.50. The molecule has 3 aromatic rings. The molecule has 134 valence electrons. The highest BCUT2D eigenvalue weighted by Gasteiger charge is 2.22. The van der Waals surface area contributed by atoms with Gasteiger partial charge in [0, 0.05) is 11.1 Å². The van der Waals surface area contributed by atoms with Crippen LogP contribution in [0.25, 0.3) is 5.69 Å². The molecule has 6 nitrogen and oxygen atoms in total. The molecule has 26 heavy (non-hydrogen) atoms. The molecule has 2 heterocycles. The van der Waals surface area contributed by atoms with Crippen LogP contribution in [0.1, 0.15) is 38.1 Å². The van der Waals surface area contributed by atoms with Crippen molar-refractivity contribution in [2.75, 3.05) is 11.9 Å².